The van der Waals surface area contributed by atoms with Crippen LogP contribution in [0.4, 0.5) is 13.2 Å². The first-order chi connectivity index (χ1) is 14.9. The Morgan fingerprint density at radius 3 is 2.77 bits per heavy atom. The van der Waals surface area contributed by atoms with Gasteiger partial charge in [-0.3, -0.25) is 4.79 Å². The van der Waals surface area contributed by atoms with E-state index in [-0.39, 0.29) is 30.2 Å². The number of ether oxygens (including phenoxy) is 2. The van der Waals surface area contributed by atoms with Gasteiger partial charge < -0.3 is 19.2 Å². The van der Waals surface area contributed by atoms with Crippen LogP contribution in [-0.2, 0) is 12.7 Å². The van der Waals surface area contributed by atoms with Crippen molar-refractivity contribution in [3.63, 3.8) is 0 Å². The van der Waals surface area contributed by atoms with Gasteiger partial charge in [-0.05, 0) is 36.4 Å². The lowest BCUT2D eigenvalue weighted by Crippen LogP contribution is -2.23. The zero-order chi connectivity index (χ0) is 21.6. The molecule has 1 aliphatic heterocycles. The molecule has 0 saturated heterocycles. The van der Waals surface area contributed by atoms with Gasteiger partial charge >= 0.3 is 6.18 Å². The van der Waals surface area contributed by atoms with E-state index in [1.807, 2.05) is 0 Å². The number of nitrogens with zero attached hydrogens (tertiary/aromatic N) is 3. The van der Waals surface area contributed by atoms with Crippen LogP contribution < -0.4 is 14.8 Å². The maximum atomic E-state index is 13.7. The van der Waals surface area contributed by atoms with Crippen molar-refractivity contribution in [2.24, 2.45) is 0 Å². The molecule has 31 heavy (non-hydrogen) atoms. The summed E-state index contributed by atoms with van der Waals surface area (Å²) in [5.41, 5.74) is -0.992. The van der Waals surface area contributed by atoms with Crippen molar-refractivity contribution < 1.29 is 31.9 Å². The van der Waals surface area contributed by atoms with Crippen molar-refractivity contribution in [2.75, 3.05) is 6.79 Å². The van der Waals surface area contributed by atoms with Crippen molar-refractivity contribution in [3.8, 4) is 22.8 Å². The number of carbonyl (C=O) groups excluding carboxylic acids is 1. The molecule has 1 N–H and O–H groups in total. The Morgan fingerprint density at radius 1 is 1.16 bits per heavy atom. The van der Waals surface area contributed by atoms with Gasteiger partial charge in [-0.2, -0.15) is 18.3 Å². The minimum absolute atomic E-state index is 0.0127. The molecule has 1 amide bonds. The number of hydrogen-bond acceptors (Lipinski definition) is 6. The number of nitrogens with one attached hydrogen (secondary N) is 1. The Bertz CT molecular complexity index is 1280. The minimum Gasteiger partial charge on any atom is -0.467 e. The Labute approximate surface area is 172 Å². The highest BCUT2D eigenvalue weighted by molar-refractivity contribution is 5.99. The zero-order valence-electron chi connectivity index (χ0n) is 15.6. The van der Waals surface area contributed by atoms with Gasteiger partial charge in [-0.15, -0.1) is 0 Å². The Balaban J connectivity index is 1.59. The van der Waals surface area contributed by atoms with Gasteiger partial charge in [0.15, 0.2) is 22.8 Å². The minimum atomic E-state index is -4.72. The second kappa shape index (κ2) is 7.04. The van der Waals surface area contributed by atoms with Crippen LogP contribution in [0.2, 0.25) is 0 Å². The molecule has 0 fully saturated rings. The van der Waals surface area contributed by atoms with Crippen LogP contribution in [0.3, 0.4) is 0 Å². The summed E-state index contributed by atoms with van der Waals surface area (Å²) in [5.74, 6) is 0.755. The third-order valence-corrected chi connectivity index (χ3v) is 4.68. The Morgan fingerprint density at radius 2 is 2.00 bits per heavy atom. The van der Waals surface area contributed by atoms with Crippen LogP contribution in [0.1, 0.15) is 21.8 Å². The van der Waals surface area contributed by atoms with Crippen molar-refractivity contribution in [1.82, 2.24) is 19.9 Å². The number of aromatic nitrogens is 3. The SMILES string of the molecule is O=C(NCc1ccco1)c1cnn2c(C(F)(F)F)cc(-c3ccc4c(c3)OCO4)nc12. The highest BCUT2D eigenvalue weighted by atomic mass is 19.4. The summed E-state index contributed by atoms with van der Waals surface area (Å²) in [5, 5.41) is 6.34. The molecule has 0 aliphatic carbocycles. The number of benzene rings is 1. The molecule has 4 aromatic rings. The van der Waals surface area contributed by atoms with E-state index in [9.17, 15) is 18.0 Å². The Hall–Kier alpha value is -4.02. The summed E-state index contributed by atoms with van der Waals surface area (Å²) >= 11 is 0. The van der Waals surface area contributed by atoms with E-state index in [2.05, 4.69) is 15.4 Å². The van der Waals surface area contributed by atoms with E-state index < -0.39 is 17.8 Å². The van der Waals surface area contributed by atoms with E-state index in [4.69, 9.17) is 13.9 Å². The molecular formula is C20H13F3N4O4. The number of rotatable bonds is 4. The zero-order valence-corrected chi connectivity index (χ0v) is 15.6. The van der Waals surface area contributed by atoms with Gasteiger partial charge in [0.1, 0.15) is 11.3 Å². The van der Waals surface area contributed by atoms with Gasteiger partial charge in [0, 0.05) is 5.56 Å². The van der Waals surface area contributed by atoms with Crippen molar-refractivity contribution >= 4 is 11.6 Å². The summed E-state index contributed by atoms with van der Waals surface area (Å²) in [4.78, 5) is 16.9. The molecule has 1 aromatic carbocycles. The highest BCUT2D eigenvalue weighted by Gasteiger charge is 2.36. The van der Waals surface area contributed by atoms with E-state index >= 15 is 0 Å². The number of carbonyl (C=O) groups is 1. The number of amides is 1. The van der Waals surface area contributed by atoms with E-state index in [0.29, 0.717) is 27.3 Å². The standard InChI is InChI=1S/C20H13F3N4O4/c21-20(22,23)17-7-14(11-3-4-15-16(6-11)31-10-30-15)26-18-13(9-25-27(17)18)19(28)24-8-12-2-1-5-29-12/h1-7,9H,8,10H2,(H,24,28). The van der Waals surface area contributed by atoms with Crippen LogP contribution in [0, 0.1) is 0 Å². The van der Waals surface area contributed by atoms with Crippen LogP contribution >= 0.6 is 0 Å². The second-order valence-electron chi connectivity index (χ2n) is 6.65. The fraction of sp³-hybridized carbons (Fsp3) is 0.150. The van der Waals surface area contributed by atoms with Crippen LogP contribution in [0.15, 0.2) is 53.3 Å². The van der Waals surface area contributed by atoms with E-state index in [0.717, 1.165) is 12.3 Å². The summed E-state index contributed by atoms with van der Waals surface area (Å²) in [6, 6.07) is 8.89. The molecule has 0 atom stereocenters. The van der Waals surface area contributed by atoms with E-state index in [1.54, 1.807) is 24.3 Å². The molecule has 0 bridgehead atoms. The molecule has 11 heteroatoms. The summed E-state index contributed by atoms with van der Waals surface area (Å²) < 4.78 is 57.5. The fourth-order valence-corrected chi connectivity index (χ4v) is 3.20. The monoisotopic (exact) mass is 430 g/mol. The molecule has 0 spiro atoms. The summed E-state index contributed by atoms with van der Waals surface area (Å²) in [6.45, 7) is 0.0960. The molecule has 0 unspecified atom stereocenters. The number of hydrogen-bond donors (Lipinski definition) is 1. The molecular weight excluding hydrogens is 417 g/mol. The molecule has 8 nitrogen and oxygen atoms in total. The van der Waals surface area contributed by atoms with Crippen molar-refractivity contribution in [2.45, 2.75) is 12.7 Å². The molecule has 158 valence electrons. The van der Waals surface area contributed by atoms with Crippen molar-refractivity contribution in [1.29, 1.82) is 0 Å². The van der Waals surface area contributed by atoms with Crippen LogP contribution in [-0.4, -0.2) is 27.3 Å². The maximum Gasteiger partial charge on any atom is 0.433 e. The fourth-order valence-electron chi connectivity index (χ4n) is 3.20. The van der Waals surface area contributed by atoms with Crippen LogP contribution in [0.25, 0.3) is 16.9 Å². The normalized spacial score (nSPS) is 13.0. The van der Waals surface area contributed by atoms with Gasteiger partial charge in [-0.25, -0.2) is 9.50 Å². The predicted octanol–water partition coefficient (Wildman–Crippen LogP) is 3.67. The number of halogens is 3. The lowest BCUT2D eigenvalue weighted by atomic mass is 10.1. The lowest BCUT2D eigenvalue weighted by Gasteiger charge is -2.12. The first-order valence-corrected chi connectivity index (χ1v) is 9.07. The molecule has 0 saturated carbocycles. The Kier molecular flexibility index (Phi) is 4.31. The van der Waals surface area contributed by atoms with Gasteiger partial charge in [0.2, 0.25) is 6.79 Å². The molecule has 3 aromatic heterocycles. The number of alkyl halides is 3. The molecule has 5 rings (SSSR count). The number of fused-ring (bicyclic) bond motifs is 2. The first-order valence-electron chi connectivity index (χ1n) is 9.07. The average Bonchev–Trinajstić information content (AvgIpc) is 3.50. The quantitative estimate of drug-likeness (QED) is 0.531. The topological polar surface area (TPSA) is 90.9 Å². The second-order valence-corrected chi connectivity index (χ2v) is 6.65. The first kappa shape index (κ1) is 19.0. The largest absolute Gasteiger partial charge is 0.467 e. The molecule has 0 radical (unpaired) electrons. The highest BCUT2D eigenvalue weighted by Crippen LogP contribution is 2.37. The van der Waals surface area contributed by atoms with Crippen molar-refractivity contribution in [3.05, 3.63) is 65.9 Å². The number of furan rings is 1. The van der Waals surface area contributed by atoms with Gasteiger partial charge in [0.25, 0.3) is 5.91 Å². The summed E-state index contributed by atoms with van der Waals surface area (Å²) in [6.07, 6.45) is -2.22. The maximum absolute atomic E-state index is 13.7. The van der Waals surface area contributed by atoms with E-state index in [1.165, 1.54) is 12.3 Å². The predicted molar refractivity (Wildman–Crippen MR) is 99.4 cm³/mol. The smallest absolute Gasteiger partial charge is 0.433 e. The summed E-state index contributed by atoms with van der Waals surface area (Å²) in [7, 11) is 0. The van der Waals surface area contributed by atoms with Crippen LogP contribution in [0.5, 0.6) is 11.5 Å². The third-order valence-electron chi connectivity index (χ3n) is 4.68. The lowest BCUT2D eigenvalue weighted by molar-refractivity contribution is -0.142. The van der Waals surface area contributed by atoms with Gasteiger partial charge in [0.05, 0.1) is 24.7 Å². The average molecular weight is 430 g/mol. The third kappa shape index (κ3) is 3.43. The molecule has 1 aliphatic rings. The van der Waals surface area contributed by atoms with Gasteiger partial charge in [-0.1, -0.05) is 0 Å². The molecule has 4 heterocycles.